The Morgan fingerprint density at radius 1 is 0.963 bits per heavy atom. The van der Waals surface area contributed by atoms with Crippen LogP contribution in [0.5, 0.6) is 0 Å². The first kappa shape index (κ1) is 18.1. The molecule has 0 unspecified atom stereocenters. The van der Waals surface area contributed by atoms with Crippen LogP contribution in [-0.2, 0) is 19.1 Å². The Balaban J connectivity index is 1.39. The van der Waals surface area contributed by atoms with Gasteiger partial charge in [0.05, 0.1) is 6.10 Å². The molecule has 0 spiro atoms. The summed E-state index contributed by atoms with van der Waals surface area (Å²) in [6.45, 7) is 8.15. The summed E-state index contributed by atoms with van der Waals surface area (Å²) in [5.74, 6) is 2.94. The van der Waals surface area contributed by atoms with Crippen LogP contribution in [0.4, 0.5) is 0 Å². The topological polar surface area (TPSA) is 55.9 Å². The van der Waals surface area contributed by atoms with Crippen molar-refractivity contribution in [1.82, 2.24) is 0 Å². The molecule has 4 heteroatoms. The van der Waals surface area contributed by atoms with Crippen molar-refractivity contribution < 1.29 is 19.1 Å². The van der Waals surface area contributed by atoms with E-state index in [1.165, 1.54) is 32.6 Å². The highest BCUT2D eigenvalue weighted by Crippen LogP contribution is 2.73. The maximum Gasteiger partial charge on any atom is 0.302 e. The van der Waals surface area contributed by atoms with E-state index in [-0.39, 0.29) is 29.4 Å². The summed E-state index contributed by atoms with van der Waals surface area (Å²) in [4.78, 5) is 23.9. The van der Waals surface area contributed by atoms with Gasteiger partial charge in [-0.15, -0.1) is 0 Å². The summed E-state index contributed by atoms with van der Waals surface area (Å²) >= 11 is 0. The van der Waals surface area contributed by atoms with Crippen LogP contribution in [0.2, 0.25) is 0 Å². The van der Waals surface area contributed by atoms with Crippen LogP contribution in [0.3, 0.4) is 0 Å². The zero-order chi connectivity index (χ0) is 19.2. The van der Waals surface area contributed by atoms with Gasteiger partial charge in [-0.2, -0.15) is 0 Å². The second-order valence-corrected chi connectivity index (χ2v) is 10.8. The Morgan fingerprint density at radius 3 is 2.44 bits per heavy atom. The molecule has 1 heterocycles. The molecule has 0 aromatic heterocycles. The van der Waals surface area contributed by atoms with Crippen molar-refractivity contribution in [2.75, 3.05) is 0 Å². The van der Waals surface area contributed by atoms with Crippen LogP contribution < -0.4 is 0 Å². The molecule has 4 nitrogen and oxygen atoms in total. The SMILES string of the molecule is CC(=O)O[C@H]1CC[C@@]2(C)[C@@H](CC[C@H]3[C@H]4C[C@@H]5O[C@]5(C(C)=O)[C@]4(C)CC[C@@H]32)C1. The van der Waals surface area contributed by atoms with Gasteiger partial charge in [-0.25, -0.2) is 0 Å². The fourth-order valence-electron chi connectivity index (χ4n) is 8.63. The first-order chi connectivity index (χ1) is 12.7. The maximum absolute atomic E-state index is 12.5. The molecule has 150 valence electrons. The van der Waals surface area contributed by atoms with Crippen LogP contribution in [-0.4, -0.2) is 29.6 Å². The molecule has 1 aliphatic heterocycles. The van der Waals surface area contributed by atoms with Crippen molar-refractivity contribution in [3.05, 3.63) is 0 Å². The van der Waals surface area contributed by atoms with E-state index in [2.05, 4.69) is 13.8 Å². The van der Waals surface area contributed by atoms with Gasteiger partial charge in [0, 0.05) is 12.3 Å². The lowest BCUT2D eigenvalue weighted by Crippen LogP contribution is -2.56. The average Bonchev–Trinajstić information content (AvgIpc) is 3.27. The Labute approximate surface area is 162 Å². The molecular weight excluding hydrogens is 340 g/mol. The molecule has 5 rings (SSSR count). The van der Waals surface area contributed by atoms with E-state index in [0.717, 1.165) is 37.5 Å². The van der Waals surface area contributed by atoms with Gasteiger partial charge in [-0.05, 0) is 87.4 Å². The number of epoxide rings is 1. The number of ether oxygens (including phenoxy) is 2. The molecule has 9 atom stereocenters. The molecule has 5 fully saturated rings. The zero-order valence-corrected chi connectivity index (χ0v) is 17.3. The van der Waals surface area contributed by atoms with Crippen molar-refractivity contribution in [3.63, 3.8) is 0 Å². The highest BCUT2D eigenvalue weighted by atomic mass is 16.6. The number of Topliss-reactive ketones (excluding diaryl/α,β-unsaturated/α-hetero) is 1. The number of hydrogen-bond donors (Lipinski definition) is 0. The van der Waals surface area contributed by atoms with E-state index >= 15 is 0 Å². The number of hydrogen-bond acceptors (Lipinski definition) is 4. The standard InChI is InChI=1S/C23H34O4/c1-13(24)23-20(27-23)12-19-17-6-5-15-11-16(26-14(2)25)7-9-21(15,3)18(17)8-10-22(19,23)4/h15-20H,5-12H2,1-4H3/t15-,16-,17+,18-,19+,20-,21-,22+,23-/m0/s1. The first-order valence-corrected chi connectivity index (χ1v) is 11.1. The molecule has 0 amide bonds. The lowest BCUT2D eigenvalue weighted by Gasteiger charge is -2.61. The summed E-state index contributed by atoms with van der Waals surface area (Å²) in [5, 5.41) is 0. The zero-order valence-electron chi connectivity index (χ0n) is 17.3. The van der Waals surface area contributed by atoms with Gasteiger partial charge in [-0.3, -0.25) is 9.59 Å². The maximum atomic E-state index is 12.5. The van der Waals surface area contributed by atoms with E-state index in [4.69, 9.17) is 9.47 Å². The third-order valence-corrected chi connectivity index (χ3v) is 9.90. The van der Waals surface area contributed by atoms with Crippen molar-refractivity contribution >= 4 is 11.8 Å². The minimum Gasteiger partial charge on any atom is -0.463 e. The number of rotatable bonds is 2. The lowest BCUT2D eigenvalue weighted by atomic mass is 9.44. The third kappa shape index (κ3) is 2.20. The largest absolute Gasteiger partial charge is 0.463 e. The van der Waals surface area contributed by atoms with Gasteiger partial charge >= 0.3 is 5.97 Å². The fraction of sp³-hybridized carbons (Fsp3) is 0.913. The minimum absolute atomic E-state index is 0.0445. The van der Waals surface area contributed by atoms with Crippen molar-refractivity contribution in [2.24, 2.45) is 34.5 Å². The normalized spacial score (nSPS) is 55.6. The summed E-state index contributed by atoms with van der Waals surface area (Å²) in [6, 6.07) is 0. The molecule has 4 saturated carbocycles. The molecule has 4 aliphatic carbocycles. The Morgan fingerprint density at radius 2 is 1.74 bits per heavy atom. The van der Waals surface area contributed by atoms with Gasteiger partial charge in [-0.1, -0.05) is 13.8 Å². The van der Waals surface area contributed by atoms with Gasteiger partial charge in [0.25, 0.3) is 0 Å². The lowest BCUT2D eigenvalue weighted by molar-refractivity contribution is -0.165. The second-order valence-electron chi connectivity index (χ2n) is 10.8. The van der Waals surface area contributed by atoms with Crippen LogP contribution in [0, 0.1) is 34.5 Å². The highest BCUT2D eigenvalue weighted by Gasteiger charge is 2.79. The summed E-state index contributed by atoms with van der Waals surface area (Å²) in [6.07, 6.45) is 9.53. The molecule has 27 heavy (non-hydrogen) atoms. The fourth-order valence-corrected chi connectivity index (χ4v) is 8.63. The first-order valence-electron chi connectivity index (χ1n) is 11.1. The van der Waals surface area contributed by atoms with Crippen molar-refractivity contribution in [1.29, 1.82) is 0 Å². The van der Waals surface area contributed by atoms with Gasteiger partial charge in [0.1, 0.15) is 6.10 Å². The Kier molecular flexibility index (Phi) is 3.75. The number of carbonyl (C=O) groups excluding carboxylic acids is 2. The molecule has 1 saturated heterocycles. The molecular formula is C23H34O4. The highest BCUT2D eigenvalue weighted by molar-refractivity contribution is 5.90. The van der Waals surface area contributed by atoms with Crippen molar-refractivity contribution in [3.8, 4) is 0 Å². The van der Waals surface area contributed by atoms with E-state index in [1.54, 1.807) is 6.92 Å². The van der Waals surface area contributed by atoms with Gasteiger partial charge < -0.3 is 9.47 Å². The molecule has 5 aliphatic rings. The van der Waals surface area contributed by atoms with E-state index < -0.39 is 5.60 Å². The monoisotopic (exact) mass is 374 g/mol. The number of fused-ring (bicyclic) bond motifs is 7. The molecule has 0 N–H and O–H groups in total. The third-order valence-electron chi connectivity index (χ3n) is 9.90. The molecule has 0 aromatic rings. The van der Waals surface area contributed by atoms with Crippen LogP contribution in [0.15, 0.2) is 0 Å². The summed E-state index contributed by atoms with van der Waals surface area (Å²) in [7, 11) is 0. The number of carbonyl (C=O) groups is 2. The molecule has 0 radical (unpaired) electrons. The Bertz CT molecular complexity index is 688. The quantitative estimate of drug-likeness (QED) is 0.534. The average molecular weight is 375 g/mol. The van der Waals surface area contributed by atoms with Crippen LogP contribution in [0.25, 0.3) is 0 Å². The number of ketones is 1. The van der Waals surface area contributed by atoms with E-state index in [9.17, 15) is 9.59 Å². The Hall–Kier alpha value is -0.900. The second kappa shape index (κ2) is 5.58. The number of esters is 1. The molecule has 0 aromatic carbocycles. The smallest absolute Gasteiger partial charge is 0.302 e. The predicted octanol–water partition coefficient (Wildman–Crippen LogP) is 4.30. The predicted molar refractivity (Wildman–Crippen MR) is 101 cm³/mol. The summed E-state index contributed by atoms with van der Waals surface area (Å²) < 4.78 is 11.6. The van der Waals surface area contributed by atoms with E-state index in [1.807, 2.05) is 0 Å². The minimum atomic E-state index is -0.451. The van der Waals surface area contributed by atoms with Crippen LogP contribution >= 0.6 is 0 Å². The van der Waals surface area contributed by atoms with Gasteiger partial charge in [0.15, 0.2) is 11.4 Å². The van der Waals surface area contributed by atoms with Crippen molar-refractivity contribution in [2.45, 2.75) is 96.9 Å². The van der Waals surface area contributed by atoms with E-state index in [0.29, 0.717) is 17.3 Å². The summed E-state index contributed by atoms with van der Waals surface area (Å²) in [5.41, 5.74) is -0.0336. The van der Waals surface area contributed by atoms with Crippen LogP contribution in [0.1, 0.15) is 79.1 Å². The molecule has 0 bridgehead atoms. The van der Waals surface area contributed by atoms with Gasteiger partial charge in [0.2, 0.25) is 0 Å².